The summed E-state index contributed by atoms with van der Waals surface area (Å²) in [5.41, 5.74) is 2.15. The van der Waals surface area contributed by atoms with Crippen LogP contribution in [-0.4, -0.2) is 21.5 Å². The largest absolute Gasteiger partial charge is 0.345 e. The van der Waals surface area contributed by atoms with Crippen molar-refractivity contribution < 1.29 is 4.79 Å². The van der Waals surface area contributed by atoms with Crippen LogP contribution in [0.25, 0.3) is 0 Å². The van der Waals surface area contributed by atoms with Crippen LogP contribution in [0.3, 0.4) is 0 Å². The third-order valence-corrected chi connectivity index (χ3v) is 4.24. The molecule has 0 saturated heterocycles. The SMILES string of the molecule is CC(NC(=O)c1snnc1C(C)C)C1=CCCCC1. The zero-order chi connectivity index (χ0) is 13.8. The third kappa shape index (κ3) is 3.41. The Morgan fingerprint density at radius 3 is 2.79 bits per heavy atom. The second kappa shape index (κ2) is 6.28. The minimum Gasteiger partial charge on any atom is -0.345 e. The second-order valence-electron chi connectivity index (χ2n) is 5.36. The Labute approximate surface area is 118 Å². The van der Waals surface area contributed by atoms with Crippen LogP contribution in [0, 0.1) is 0 Å². The standard InChI is InChI=1S/C14H21N3OS/c1-9(2)12-13(19-17-16-12)14(18)15-10(3)11-7-5-4-6-8-11/h7,9-10H,4-6,8H2,1-3H3,(H,15,18). The van der Waals surface area contributed by atoms with Gasteiger partial charge in [0.25, 0.3) is 5.91 Å². The molecule has 5 heteroatoms. The number of hydrogen-bond acceptors (Lipinski definition) is 4. The molecule has 0 aromatic carbocycles. The van der Waals surface area contributed by atoms with Crippen molar-refractivity contribution in [1.82, 2.24) is 14.9 Å². The van der Waals surface area contributed by atoms with Crippen LogP contribution in [0.1, 0.15) is 67.7 Å². The molecule has 19 heavy (non-hydrogen) atoms. The molecule has 1 heterocycles. The normalized spacial score (nSPS) is 17.2. The van der Waals surface area contributed by atoms with Gasteiger partial charge in [0.15, 0.2) is 0 Å². The average molecular weight is 279 g/mol. The van der Waals surface area contributed by atoms with Crippen molar-refractivity contribution >= 4 is 17.4 Å². The fourth-order valence-electron chi connectivity index (χ4n) is 2.34. The first-order chi connectivity index (χ1) is 9.09. The third-order valence-electron chi connectivity index (χ3n) is 3.50. The summed E-state index contributed by atoms with van der Waals surface area (Å²) in [4.78, 5) is 12.9. The number of allylic oxidation sites excluding steroid dienone is 1. The summed E-state index contributed by atoms with van der Waals surface area (Å²) in [7, 11) is 0. The molecular formula is C14H21N3OS. The zero-order valence-electron chi connectivity index (χ0n) is 11.8. The summed E-state index contributed by atoms with van der Waals surface area (Å²) >= 11 is 1.18. The van der Waals surface area contributed by atoms with Gasteiger partial charge in [0.2, 0.25) is 0 Å². The first-order valence-corrected chi connectivity index (χ1v) is 7.69. The molecule has 1 aromatic heterocycles. The summed E-state index contributed by atoms with van der Waals surface area (Å²) in [5, 5.41) is 7.12. The summed E-state index contributed by atoms with van der Waals surface area (Å²) in [6.07, 6.45) is 6.99. The van der Waals surface area contributed by atoms with Gasteiger partial charge in [-0.1, -0.05) is 30.0 Å². The molecular weight excluding hydrogens is 258 g/mol. The molecule has 0 aliphatic heterocycles. The van der Waals surface area contributed by atoms with Gasteiger partial charge in [0.05, 0.1) is 5.69 Å². The van der Waals surface area contributed by atoms with Crippen LogP contribution in [0.4, 0.5) is 0 Å². The van der Waals surface area contributed by atoms with Crippen molar-refractivity contribution in [3.05, 3.63) is 22.2 Å². The maximum absolute atomic E-state index is 12.3. The maximum Gasteiger partial charge on any atom is 0.265 e. The molecule has 2 rings (SSSR count). The number of nitrogens with one attached hydrogen (secondary N) is 1. The Balaban J connectivity index is 2.04. The monoisotopic (exact) mass is 279 g/mol. The van der Waals surface area contributed by atoms with E-state index >= 15 is 0 Å². The van der Waals surface area contributed by atoms with E-state index in [0.717, 1.165) is 18.5 Å². The number of nitrogens with zero attached hydrogens (tertiary/aromatic N) is 2. The molecule has 0 radical (unpaired) electrons. The molecule has 1 N–H and O–H groups in total. The molecule has 0 spiro atoms. The first kappa shape index (κ1) is 14.2. The van der Waals surface area contributed by atoms with E-state index in [1.165, 1.54) is 29.9 Å². The fourth-order valence-corrected chi connectivity index (χ4v) is 3.07. The van der Waals surface area contributed by atoms with E-state index in [2.05, 4.69) is 27.9 Å². The number of amides is 1. The lowest BCUT2D eigenvalue weighted by Crippen LogP contribution is -2.34. The van der Waals surface area contributed by atoms with Crippen molar-refractivity contribution in [3.63, 3.8) is 0 Å². The van der Waals surface area contributed by atoms with Crippen LogP contribution in [0.5, 0.6) is 0 Å². The molecule has 1 aliphatic rings. The second-order valence-corrected chi connectivity index (χ2v) is 6.12. The summed E-state index contributed by atoms with van der Waals surface area (Å²) in [5.74, 6) is 0.182. The van der Waals surface area contributed by atoms with Gasteiger partial charge in [0, 0.05) is 6.04 Å². The van der Waals surface area contributed by atoms with Gasteiger partial charge in [-0.15, -0.1) is 5.10 Å². The molecule has 0 bridgehead atoms. The van der Waals surface area contributed by atoms with Crippen molar-refractivity contribution in [2.24, 2.45) is 0 Å². The quantitative estimate of drug-likeness (QED) is 0.861. The van der Waals surface area contributed by atoms with Crippen LogP contribution >= 0.6 is 11.5 Å². The molecule has 1 aromatic rings. The predicted molar refractivity (Wildman–Crippen MR) is 77.5 cm³/mol. The van der Waals surface area contributed by atoms with E-state index in [9.17, 15) is 4.79 Å². The topological polar surface area (TPSA) is 54.9 Å². The highest BCUT2D eigenvalue weighted by Gasteiger charge is 2.21. The van der Waals surface area contributed by atoms with Crippen LogP contribution in [0.15, 0.2) is 11.6 Å². The Morgan fingerprint density at radius 2 is 2.16 bits per heavy atom. The number of rotatable bonds is 4. The van der Waals surface area contributed by atoms with E-state index in [4.69, 9.17) is 0 Å². The average Bonchev–Trinajstić information content (AvgIpc) is 2.89. The van der Waals surface area contributed by atoms with E-state index in [-0.39, 0.29) is 17.9 Å². The summed E-state index contributed by atoms with van der Waals surface area (Å²) < 4.78 is 3.90. The van der Waals surface area contributed by atoms with Gasteiger partial charge in [0.1, 0.15) is 4.88 Å². The molecule has 104 valence electrons. The molecule has 1 unspecified atom stereocenters. The van der Waals surface area contributed by atoms with Gasteiger partial charge in [-0.3, -0.25) is 4.79 Å². The molecule has 0 fully saturated rings. The van der Waals surface area contributed by atoms with E-state index < -0.39 is 0 Å². The lowest BCUT2D eigenvalue weighted by molar-refractivity contribution is 0.0947. The Kier molecular flexibility index (Phi) is 4.69. The van der Waals surface area contributed by atoms with Crippen molar-refractivity contribution in [1.29, 1.82) is 0 Å². The highest BCUT2D eigenvalue weighted by molar-refractivity contribution is 7.08. The van der Waals surface area contributed by atoms with Crippen molar-refractivity contribution in [2.75, 3.05) is 0 Å². The Morgan fingerprint density at radius 1 is 1.37 bits per heavy atom. The zero-order valence-corrected chi connectivity index (χ0v) is 12.6. The van der Waals surface area contributed by atoms with Gasteiger partial charge in [-0.2, -0.15) is 0 Å². The van der Waals surface area contributed by atoms with Gasteiger partial charge >= 0.3 is 0 Å². The Hall–Kier alpha value is -1.23. The number of carbonyl (C=O) groups is 1. The van der Waals surface area contributed by atoms with Crippen LogP contribution in [0.2, 0.25) is 0 Å². The minimum absolute atomic E-state index is 0.0438. The predicted octanol–water partition coefficient (Wildman–Crippen LogP) is 3.28. The number of aromatic nitrogens is 2. The fraction of sp³-hybridized carbons (Fsp3) is 0.643. The van der Waals surface area contributed by atoms with Crippen molar-refractivity contribution in [3.8, 4) is 0 Å². The highest BCUT2D eigenvalue weighted by Crippen LogP contribution is 2.22. The number of carbonyl (C=O) groups excluding carboxylic acids is 1. The lowest BCUT2D eigenvalue weighted by Gasteiger charge is -2.20. The number of hydrogen-bond donors (Lipinski definition) is 1. The van der Waals surface area contributed by atoms with E-state index in [1.807, 2.05) is 13.8 Å². The molecule has 1 atom stereocenters. The van der Waals surface area contributed by atoms with Gasteiger partial charge < -0.3 is 5.32 Å². The van der Waals surface area contributed by atoms with Crippen molar-refractivity contribution in [2.45, 2.75) is 58.4 Å². The van der Waals surface area contributed by atoms with E-state index in [1.54, 1.807) is 0 Å². The molecule has 1 aliphatic carbocycles. The molecule has 4 nitrogen and oxygen atoms in total. The smallest absolute Gasteiger partial charge is 0.265 e. The Bertz CT molecular complexity index is 479. The first-order valence-electron chi connectivity index (χ1n) is 6.91. The lowest BCUT2D eigenvalue weighted by atomic mass is 9.94. The summed E-state index contributed by atoms with van der Waals surface area (Å²) in [6.45, 7) is 6.11. The van der Waals surface area contributed by atoms with Crippen LogP contribution < -0.4 is 5.32 Å². The summed E-state index contributed by atoms with van der Waals surface area (Å²) in [6, 6.07) is 0.106. The maximum atomic E-state index is 12.3. The van der Waals surface area contributed by atoms with Crippen LogP contribution in [-0.2, 0) is 0 Å². The molecule has 1 amide bonds. The highest BCUT2D eigenvalue weighted by atomic mass is 32.1. The van der Waals surface area contributed by atoms with Gasteiger partial charge in [-0.25, -0.2) is 0 Å². The molecule has 0 saturated carbocycles. The van der Waals surface area contributed by atoms with Gasteiger partial charge in [-0.05, 0) is 50.1 Å². The van der Waals surface area contributed by atoms with E-state index in [0.29, 0.717) is 4.88 Å². The minimum atomic E-state index is -0.0438.